The van der Waals surface area contributed by atoms with E-state index in [2.05, 4.69) is 58.0 Å². The first kappa shape index (κ1) is 29.2. The van der Waals surface area contributed by atoms with Crippen molar-refractivity contribution in [3.63, 3.8) is 0 Å². The molecule has 0 N–H and O–H groups in total. The first-order valence-electron chi connectivity index (χ1n) is 15.0. The number of Topliss-reactive ketones (excluding diaryl/α,β-unsaturated/α-hetero) is 1. The van der Waals surface area contributed by atoms with Crippen LogP contribution >= 0.6 is 0 Å². The molecule has 1 aliphatic heterocycles. The maximum absolute atomic E-state index is 12.2. The Morgan fingerprint density at radius 1 is 1.12 bits per heavy atom. The van der Waals surface area contributed by atoms with Crippen molar-refractivity contribution < 1.29 is 14.3 Å². The number of aromatic nitrogens is 2. The van der Waals surface area contributed by atoms with Crippen LogP contribution in [0.5, 0.6) is 11.5 Å². The molecule has 2 unspecified atom stereocenters. The van der Waals surface area contributed by atoms with Crippen molar-refractivity contribution in [1.29, 1.82) is 0 Å². The minimum atomic E-state index is -0.00113. The van der Waals surface area contributed by atoms with Crippen molar-refractivity contribution in [2.75, 3.05) is 27.8 Å². The highest BCUT2D eigenvalue weighted by Gasteiger charge is 2.31. The topological polar surface area (TPSA) is 64.6 Å². The Labute approximate surface area is 245 Å². The third kappa shape index (κ3) is 6.64. The molecule has 5 rings (SSSR count). The zero-order valence-corrected chi connectivity index (χ0v) is 25.8. The molecule has 2 atom stereocenters. The van der Waals surface area contributed by atoms with Crippen molar-refractivity contribution in [3.8, 4) is 22.6 Å². The number of rotatable bonds is 7. The Hall–Kier alpha value is -3.25. The van der Waals surface area contributed by atoms with Gasteiger partial charge in [0.15, 0.2) is 5.78 Å². The molecular formula is C35H45N3O3. The molecule has 6 heteroatoms. The van der Waals surface area contributed by atoms with Gasteiger partial charge in [-0.2, -0.15) is 0 Å². The van der Waals surface area contributed by atoms with Gasteiger partial charge < -0.3 is 14.4 Å². The standard InChI is InChI=1S/C35H45N3O3/c1-22-16-27-17-25(26-9-11-33(40-7)28(18-26)23(2)39)8-10-32(27)41-15-13-24(22)19-31-29-20-35(3,4)14-12-30(29)36-34(37-31)21-38(5)6/h8-11,17-18,22,24H,12-16,19-21H2,1-7H3. The summed E-state index contributed by atoms with van der Waals surface area (Å²) in [4.78, 5) is 24.6. The van der Waals surface area contributed by atoms with Crippen molar-refractivity contribution in [3.05, 3.63) is 70.3 Å². The van der Waals surface area contributed by atoms with Gasteiger partial charge in [0.25, 0.3) is 0 Å². The van der Waals surface area contributed by atoms with Crippen LogP contribution in [0.3, 0.4) is 0 Å². The van der Waals surface area contributed by atoms with Crippen molar-refractivity contribution >= 4 is 5.78 Å². The van der Waals surface area contributed by atoms with Crippen molar-refractivity contribution in [2.24, 2.45) is 17.3 Å². The van der Waals surface area contributed by atoms with Crippen LogP contribution in [0.15, 0.2) is 36.4 Å². The third-order valence-electron chi connectivity index (χ3n) is 8.90. The molecule has 0 radical (unpaired) electrons. The van der Waals surface area contributed by atoms with Crippen molar-refractivity contribution in [2.45, 2.75) is 72.8 Å². The minimum Gasteiger partial charge on any atom is -0.496 e. The van der Waals surface area contributed by atoms with Gasteiger partial charge in [-0.1, -0.05) is 32.9 Å². The number of aryl methyl sites for hydroxylation is 1. The molecule has 0 fully saturated rings. The fourth-order valence-corrected chi connectivity index (χ4v) is 6.49. The summed E-state index contributed by atoms with van der Waals surface area (Å²) >= 11 is 0. The number of benzene rings is 2. The molecule has 0 bridgehead atoms. The molecule has 0 saturated carbocycles. The highest BCUT2D eigenvalue weighted by molar-refractivity contribution is 5.98. The Bertz CT molecular complexity index is 1430. The zero-order valence-electron chi connectivity index (χ0n) is 25.8. The predicted molar refractivity (Wildman–Crippen MR) is 164 cm³/mol. The molecular weight excluding hydrogens is 510 g/mol. The van der Waals surface area contributed by atoms with E-state index in [4.69, 9.17) is 19.4 Å². The van der Waals surface area contributed by atoms with Crippen LogP contribution < -0.4 is 9.47 Å². The largest absolute Gasteiger partial charge is 0.496 e. The van der Waals surface area contributed by atoms with Crippen LogP contribution in [0.4, 0.5) is 0 Å². The Morgan fingerprint density at radius 2 is 1.88 bits per heavy atom. The van der Waals surface area contributed by atoms with Crippen LogP contribution in [0.2, 0.25) is 0 Å². The van der Waals surface area contributed by atoms with Crippen LogP contribution in [-0.4, -0.2) is 48.5 Å². The summed E-state index contributed by atoms with van der Waals surface area (Å²) in [5.74, 6) is 3.45. The summed E-state index contributed by atoms with van der Waals surface area (Å²) in [6.45, 7) is 10.2. The summed E-state index contributed by atoms with van der Waals surface area (Å²) in [7, 11) is 5.76. The summed E-state index contributed by atoms with van der Waals surface area (Å²) in [5, 5.41) is 0. The molecule has 218 valence electrons. The number of ether oxygens (including phenoxy) is 2. The minimum absolute atomic E-state index is 0.00113. The van der Waals surface area contributed by atoms with Crippen LogP contribution in [0.1, 0.15) is 79.2 Å². The smallest absolute Gasteiger partial charge is 0.163 e. The fourth-order valence-electron chi connectivity index (χ4n) is 6.49. The van der Waals surface area contributed by atoms with Gasteiger partial charge >= 0.3 is 0 Å². The van der Waals surface area contributed by atoms with Crippen LogP contribution in [0.25, 0.3) is 11.1 Å². The molecule has 2 heterocycles. The lowest BCUT2D eigenvalue weighted by molar-refractivity contribution is 0.101. The average molecular weight is 556 g/mol. The Kier molecular flexibility index (Phi) is 8.51. The highest BCUT2D eigenvalue weighted by atomic mass is 16.5. The van der Waals surface area contributed by atoms with Gasteiger partial charge in [0.1, 0.15) is 17.3 Å². The summed E-state index contributed by atoms with van der Waals surface area (Å²) in [6, 6.07) is 12.3. The first-order chi connectivity index (χ1) is 19.5. The molecule has 0 amide bonds. The summed E-state index contributed by atoms with van der Waals surface area (Å²) in [6.07, 6.45) is 6.16. The average Bonchev–Trinajstić information content (AvgIpc) is 2.91. The van der Waals surface area contributed by atoms with E-state index >= 15 is 0 Å². The number of hydrogen-bond acceptors (Lipinski definition) is 6. The van der Waals surface area contributed by atoms with E-state index in [0.717, 1.165) is 61.3 Å². The lowest BCUT2D eigenvalue weighted by Gasteiger charge is -2.34. The monoisotopic (exact) mass is 555 g/mol. The normalized spacial score (nSPS) is 19.9. The van der Waals surface area contributed by atoms with Gasteiger partial charge in [0.05, 0.1) is 25.8 Å². The van der Waals surface area contributed by atoms with Crippen molar-refractivity contribution in [1.82, 2.24) is 14.9 Å². The highest BCUT2D eigenvalue weighted by Crippen LogP contribution is 2.38. The SMILES string of the molecule is COc1ccc(-c2ccc3c(c2)CC(C)C(Cc2nc(CN(C)C)nc4c2CC(C)(C)CC4)CCO3)cc1C(C)=O. The molecule has 6 nitrogen and oxygen atoms in total. The van der Waals surface area contributed by atoms with E-state index in [1.807, 2.05) is 18.2 Å². The Balaban J connectivity index is 1.42. The van der Waals surface area contributed by atoms with E-state index in [1.165, 1.54) is 28.9 Å². The number of ketones is 1. The van der Waals surface area contributed by atoms with Gasteiger partial charge in [-0.15, -0.1) is 0 Å². The maximum atomic E-state index is 12.2. The second-order valence-corrected chi connectivity index (χ2v) is 13.2. The quantitative estimate of drug-likeness (QED) is 0.301. The summed E-state index contributed by atoms with van der Waals surface area (Å²) < 4.78 is 11.8. The number of hydrogen-bond donors (Lipinski definition) is 0. The van der Waals surface area contributed by atoms with E-state index < -0.39 is 0 Å². The summed E-state index contributed by atoms with van der Waals surface area (Å²) in [5.41, 5.74) is 8.10. The second-order valence-electron chi connectivity index (χ2n) is 13.2. The Morgan fingerprint density at radius 3 is 2.61 bits per heavy atom. The van der Waals surface area contributed by atoms with Crippen LogP contribution in [-0.2, 0) is 32.2 Å². The number of nitrogens with zero attached hydrogens (tertiary/aromatic N) is 3. The van der Waals surface area contributed by atoms with Gasteiger partial charge in [-0.3, -0.25) is 4.79 Å². The third-order valence-corrected chi connectivity index (χ3v) is 8.90. The fraction of sp³-hybridized carbons (Fsp3) is 0.514. The zero-order chi connectivity index (χ0) is 29.3. The maximum Gasteiger partial charge on any atom is 0.163 e. The van der Waals surface area contributed by atoms with Gasteiger partial charge in [-0.25, -0.2) is 9.97 Å². The van der Waals surface area contributed by atoms with E-state index in [1.54, 1.807) is 14.0 Å². The molecule has 1 aliphatic carbocycles. The molecule has 0 spiro atoms. The van der Waals surface area contributed by atoms with Crippen LogP contribution in [0, 0.1) is 17.3 Å². The van der Waals surface area contributed by atoms with Gasteiger partial charge in [0.2, 0.25) is 0 Å². The lowest BCUT2D eigenvalue weighted by atomic mass is 9.74. The molecule has 2 aromatic carbocycles. The second kappa shape index (κ2) is 11.9. The molecule has 41 heavy (non-hydrogen) atoms. The molecule has 0 saturated heterocycles. The molecule has 3 aromatic rings. The number of carbonyl (C=O) groups is 1. The number of fused-ring (bicyclic) bond motifs is 2. The molecule has 1 aromatic heterocycles. The first-order valence-corrected chi connectivity index (χ1v) is 15.0. The number of carbonyl (C=O) groups excluding carboxylic acids is 1. The van der Waals surface area contributed by atoms with Gasteiger partial charge in [-0.05, 0) is 123 Å². The van der Waals surface area contributed by atoms with E-state index in [0.29, 0.717) is 29.8 Å². The van der Waals surface area contributed by atoms with Gasteiger partial charge in [0, 0.05) is 11.4 Å². The number of methoxy groups -OCH3 is 1. The molecule has 2 aliphatic rings. The predicted octanol–water partition coefficient (Wildman–Crippen LogP) is 6.75. The van der Waals surface area contributed by atoms with E-state index in [-0.39, 0.29) is 11.2 Å². The van der Waals surface area contributed by atoms with E-state index in [9.17, 15) is 4.79 Å². The lowest BCUT2D eigenvalue weighted by Crippen LogP contribution is -2.29.